The normalized spacial score (nSPS) is 14.5. The summed E-state index contributed by atoms with van der Waals surface area (Å²) in [6.45, 7) is 1.63. The SMILES string of the molecule is Cc1cccc(NC(=O)CN2C(=O)S/C(=C\c3ccc(OCc4ccccc4F)cc3)C2=O)c1. The van der Waals surface area contributed by atoms with Crippen molar-refractivity contribution in [1.82, 2.24) is 4.90 Å². The number of carbonyl (C=O) groups excluding carboxylic acids is 3. The molecule has 4 rings (SSSR count). The Morgan fingerprint density at radius 2 is 1.82 bits per heavy atom. The molecule has 0 aliphatic carbocycles. The van der Waals surface area contributed by atoms with E-state index < -0.39 is 17.1 Å². The van der Waals surface area contributed by atoms with E-state index in [0.717, 1.165) is 22.2 Å². The molecule has 1 saturated heterocycles. The van der Waals surface area contributed by atoms with Crippen LogP contribution < -0.4 is 10.1 Å². The number of nitrogens with one attached hydrogen (secondary N) is 1. The number of aryl methyl sites for hydroxylation is 1. The fraction of sp³-hybridized carbons (Fsp3) is 0.115. The second kappa shape index (κ2) is 10.4. The van der Waals surface area contributed by atoms with Gasteiger partial charge in [-0.05, 0) is 66.2 Å². The summed E-state index contributed by atoms with van der Waals surface area (Å²) in [4.78, 5) is 38.5. The zero-order chi connectivity index (χ0) is 24.1. The summed E-state index contributed by atoms with van der Waals surface area (Å²) in [7, 11) is 0. The molecule has 1 aliphatic rings. The van der Waals surface area contributed by atoms with Crippen LogP contribution in [0.4, 0.5) is 14.9 Å². The predicted octanol–water partition coefficient (Wildman–Crippen LogP) is 5.39. The Bertz CT molecular complexity index is 1270. The molecule has 1 fully saturated rings. The van der Waals surface area contributed by atoms with Gasteiger partial charge in [-0.15, -0.1) is 0 Å². The zero-order valence-corrected chi connectivity index (χ0v) is 19.1. The van der Waals surface area contributed by atoms with Crippen molar-refractivity contribution in [3.05, 3.63) is 100 Å². The lowest BCUT2D eigenvalue weighted by molar-refractivity contribution is -0.127. The average Bonchev–Trinajstić information content (AvgIpc) is 3.07. The lowest BCUT2D eigenvalue weighted by Gasteiger charge is -2.12. The summed E-state index contributed by atoms with van der Waals surface area (Å²) in [5, 5.41) is 2.20. The molecule has 0 unspecified atom stereocenters. The molecule has 3 aromatic rings. The van der Waals surface area contributed by atoms with Gasteiger partial charge in [0.25, 0.3) is 11.1 Å². The van der Waals surface area contributed by atoms with Crippen LogP contribution in [0.5, 0.6) is 5.75 Å². The Kier molecular flexibility index (Phi) is 7.08. The quantitative estimate of drug-likeness (QED) is 0.463. The highest BCUT2D eigenvalue weighted by molar-refractivity contribution is 8.18. The first-order valence-corrected chi connectivity index (χ1v) is 11.3. The highest BCUT2D eigenvalue weighted by Gasteiger charge is 2.36. The number of ether oxygens (including phenoxy) is 1. The molecular formula is C26H21FN2O4S. The number of benzene rings is 3. The molecule has 0 radical (unpaired) electrons. The third-order valence-corrected chi connectivity index (χ3v) is 5.91. The fourth-order valence-electron chi connectivity index (χ4n) is 3.29. The standard InChI is InChI=1S/C26H21FN2O4S/c1-17-5-4-7-20(13-17)28-24(30)15-29-25(31)23(34-26(29)32)14-18-9-11-21(12-10-18)33-16-19-6-2-3-8-22(19)27/h2-14H,15-16H2,1H3,(H,28,30)/b23-14-. The van der Waals surface area contributed by atoms with E-state index in [2.05, 4.69) is 5.32 Å². The van der Waals surface area contributed by atoms with Crippen molar-refractivity contribution in [3.8, 4) is 5.75 Å². The number of hydrogen-bond donors (Lipinski definition) is 1. The maximum absolute atomic E-state index is 13.7. The number of carbonyl (C=O) groups is 3. The smallest absolute Gasteiger partial charge is 0.294 e. The second-order valence-corrected chi connectivity index (χ2v) is 8.63. The van der Waals surface area contributed by atoms with Gasteiger partial charge < -0.3 is 10.1 Å². The van der Waals surface area contributed by atoms with Crippen molar-refractivity contribution < 1.29 is 23.5 Å². The van der Waals surface area contributed by atoms with E-state index in [1.807, 2.05) is 19.1 Å². The highest BCUT2D eigenvalue weighted by Crippen LogP contribution is 2.32. The molecule has 172 valence electrons. The van der Waals surface area contributed by atoms with Gasteiger partial charge in [0, 0.05) is 11.3 Å². The molecular weight excluding hydrogens is 455 g/mol. The predicted molar refractivity (Wildman–Crippen MR) is 130 cm³/mol. The molecule has 1 heterocycles. The third-order valence-electron chi connectivity index (χ3n) is 5.01. The minimum Gasteiger partial charge on any atom is -0.489 e. The third kappa shape index (κ3) is 5.71. The van der Waals surface area contributed by atoms with Gasteiger partial charge in [0.15, 0.2) is 0 Å². The van der Waals surface area contributed by atoms with Crippen molar-refractivity contribution >= 4 is 40.6 Å². The summed E-state index contributed by atoms with van der Waals surface area (Å²) in [5.74, 6) is -0.761. The van der Waals surface area contributed by atoms with Crippen LogP contribution in [-0.4, -0.2) is 28.5 Å². The number of anilines is 1. The van der Waals surface area contributed by atoms with Crippen molar-refractivity contribution in [3.63, 3.8) is 0 Å². The number of amides is 3. The minimum atomic E-state index is -0.519. The van der Waals surface area contributed by atoms with Crippen molar-refractivity contribution in [2.75, 3.05) is 11.9 Å². The number of halogens is 1. The minimum absolute atomic E-state index is 0.0928. The first-order chi connectivity index (χ1) is 16.4. The fourth-order valence-corrected chi connectivity index (χ4v) is 4.13. The molecule has 3 aromatic carbocycles. The number of imide groups is 1. The van der Waals surface area contributed by atoms with Crippen LogP contribution in [-0.2, 0) is 16.2 Å². The van der Waals surface area contributed by atoms with E-state index >= 15 is 0 Å². The monoisotopic (exact) mass is 476 g/mol. The van der Waals surface area contributed by atoms with E-state index in [-0.39, 0.29) is 23.9 Å². The van der Waals surface area contributed by atoms with Crippen LogP contribution in [0.3, 0.4) is 0 Å². The van der Waals surface area contributed by atoms with Gasteiger partial charge in [-0.25, -0.2) is 4.39 Å². The first-order valence-electron chi connectivity index (χ1n) is 10.5. The second-order valence-electron chi connectivity index (χ2n) is 7.63. The molecule has 0 atom stereocenters. The van der Waals surface area contributed by atoms with Crippen molar-refractivity contribution in [1.29, 1.82) is 0 Å². The molecule has 6 nitrogen and oxygen atoms in total. The highest BCUT2D eigenvalue weighted by atomic mass is 32.2. The van der Waals surface area contributed by atoms with E-state index in [9.17, 15) is 18.8 Å². The van der Waals surface area contributed by atoms with Crippen LogP contribution >= 0.6 is 11.8 Å². The lowest BCUT2D eigenvalue weighted by Crippen LogP contribution is -2.36. The van der Waals surface area contributed by atoms with Crippen LogP contribution in [0.2, 0.25) is 0 Å². The number of thioether (sulfide) groups is 1. The molecule has 0 spiro atoms. The van der Waals surface area contributed by atoms with Crippen LogP contribution in [0.1, 0.15) is 16.7 Å². The summed E-state index contributed by atoms with van der Waals surface area (Å²) in [5.41, 5.74) is 2.72. The largest absolute Gasteiger partial charge is 0.489 e. The molecule has 1 aliphatic heterocycles. The van der Waals surface area contributed by atoms with Gasteiger partial charge in [0.05, 0.1) is 4.91 Å². The molecule has 0 bridgehead atoms. The molecule has 0 saturated carbocycles. The molecule has 0 aromatic heterocycles. The van der Waals surface area contributed by atoms with Gasteiger partial charge in [-0.1, -0.05) is 42.5 Å². The Balaban J connectivity index is 1.36. The van der Waals surface area contributed by atoms with E-state index in [0.29, 0.717) is 22.6 Å². The Labute approximate surface area is 200 Å². The van der Waals surface area contributed by atoms with E-state index in [4.69, 9.17) is 4.74 Å². The van der Waals surface area contributed by atoms with E-state index in [1.165, 1.54) is 6.07 Å². The first kappa shape index (κ1) is 23.3. The maximum Gasteiger partial charge on any atom is 0.294 e. The Morgan fingerprint density at radius 1 is 1.06 bits per heavy atom. The van der Waals surface area contributed by atoms with Gasteiger partial charge in [-0.2, -0.15) is 0 Å². The summed E-state index contributed by atoms with van der Waals surface area (Å²) in [6.07, 6.45) is 1.59. The summed E-state index contributed by atoms with van der Waals surface area (Å²) in [6, 6.07) is 20.5. The van der Waals surface area contributed by atoms with Crippen LogP contribution in [0, 0.1) is 12.7 Å². The van der Waals surface area contributed by atoms with Crippen LogP contribution in [0.15, 0.2) is 77.7 Å². The molecule has 34 heavy (non-hydrogen) atoms. The van der Waals surface area contributed by atoms with Crippen molar-refractivity contribution in [2.45, 2.75) is 13.5 Å². The average molecular weight is 477 g/mol. The molecule has 8 heteroatoms. The summed E-state index contributed by atoms with van der Waals surface area (Å²) >= 11 is 0.786. The Morgan fingerprint density at radius 3 is 2.56 bits per heavy atom. The van der Waals surface area contributed by atoms with Crippen molar-refractivity contribution in [2.24, 2.45) is 0 Å². The summed E-state index contributed by atoms with van der Waals surface area (Å²) < 4.78 is 19.3. The van der Waals surface area contributed by atoms with Gasteiger partial charge >= 0.3 is 0 Å². The van der Waals surface area contributed by atoms with Gasteiger partial charge in [0.2, 0.25) is 5.91 Å². The van der Waals surface area contributed by atoms with Crippen LogP contribution in [0.25, 0.3) is 6.08 Å². The van der Waals surface area contributed by atoms with Gasteiger partial charge in [-0.3, -0.25) is 19.3 Å². The Hall–Kier alpha value is -3.91. The number of hydrogen-bond acceptors (Lipinski definition) is 5. The number of rotatable bonds is 7. The number of nitrogens with zero attached hydrogens (tertiary/aromatic N) is 1. The van der Waals surface area contributed by atoms with Gasteiger partial charge in [0.1, 0.15) is 24.7 Å². The topological polar surface area (TPSA) is 75.7 Å². The maximum atomic E-state index is 13.7. The lowest BCUT2D eigenvalue weighted by atomic mass is 10.2. The zero-order valence-electron chi connectivity index (χ0n) is 18.3. The van der Waals surface area contributed by atoms with E-state index in [1.54, 1.807) is 60.7 Å². The molecule has 3 amide bonds. The molecule has 1 N–H and O–H groups in total.